The van der Waals surface area contributed by atoms with Crippen molar-refractivity contribution in [3.63, 3.8) is 0 Å². The van der Waals surface area contributed by atoms with Gasteiger partial charge in [0.2, 0.25) is 0 Å². The van der Waals surface area contributed by atoms with Crippen molar-refractivity contribution in [3.8, 4) is 0 Å². The van der Waals surface area contributed by atoms with Crippen molar-refractivity contribution in [3.05, 3.63) is 48.2 Å². The Labute approximate surface area is 111 Å². The Morgan fingerprint density at radius 2 is 2.00 bits per heavy atom. The molecule has 1 aromatic heterocycles. The van der Waals surface area contributed by atoms with Gasteiger partial charge in [0.05, 0.1) is 12.2 Å². The lowest BCUT2D eigenvalue weighted by Crippen LogP contribution is -2.03. The van der Waals surface area contributed by atoms with Crippen LogP contribution in [0.15, 0.2) is 42.6 Å². The summed E-state index contributed by atoms with van der Waals surface area (Å²) in [4.78, 5) is 12.1. The van der Waals surface area contributed by atoms with E-state index in [2.05, 4.69) is 12.1 Å². The van der Waals surface area contributed by atoms with Crippen LogP contribution in [-0.2, 0) is 11.8 Å². The van der Waals surface area contributed by atoms with E-state index < -0.39 is 0 Å². The Kier molecular flexibility index (Phi) is 2.75. The van der Waals surface area contributed by atoms with E-state index in [-0.39, 0.29) is 5.97 Å². The molecule has 3 heteroatoms. The van der Waals surface area contributed by atoms with Gasteiger partial charge >= 0.3 is 5.97 Å². The van der Waals surface area contributed by atoms with E-state index in [0.717, 1.165) is 21.7 Å². The summed E-state index contributed by atoms with van der Waals surface area (Å²) in [6.07, 6.45) is 1.84. The molecule has 3 nitrogen and oxygen atoms in total. The molecule has 0 amide bonds. The maximum atomic E-state index is 12.1. The molecule has 2 aromatic carbocycles. The Balaban J connectivity index is 2.39. The molecule has 3 rings (SSSR count). The number of rotatable bonds is 2. The van der Waals surface area contributed by atoms with E-state index in [9.17, 15) is 4.79 Å². The van der Waals surface area contributed by atoms with Crippen LogP contribution in [0.4, 0.5) is 0 Å². The first-order valence-electron chi connectivity index (χ1n) is 6.36. The number of hydrogen-bond donors (Lipinski definition) is 0. The van der Waals surface area contributed by atoms with E-state index in [1.165, 1.54) is 0 Å². The van der Waals surface area contributed by atoms with E-state index in [1.54, 1.807) is 0 Å². The molecule has 0 unspecified atom stereocenters. The molecule has 0 saturated heterocycles. The van der Waals surface area contributed by atoms with Crippen LogP contribution in [0.25, 0.3) is 21.7 Å². The van der Waals surface area contributed by atoms with Gasteiger partial charge in [-0.25, -0.2) is 4.79 Å². The van der Waals surface area contributed by atoms with E-state index in [1.807, 2.05) is 49.0 Å². The van der Waals surface area contributed by atoms with Crippen LogP contribution in [0.1, 0.15) is 17.3 Å². The molecule has 3 aromatic rings. The van der Waals surface area contributed by atoms with Crippen molar-refractivity contribution in [1.29, 1.82) is 0 Å². The second-order valence-electron chi connectivity index (χ2n) is 4.55. The number of aryl methyl sites for hydroxylation is 1. The van der Waals surface area contributed by atoms with Gasteiger partial charge in [0.25, 0.3) is 0 Å². The van der Waals surface area contributed by atoms with Gasteiger partial charge in [-0.3, -0.25) is 0 Å². The summed E-state index contributed by atoms with van der Waals surface area (Å²) < 4.78 is 7.11. The summed E-state index contributed by atoms with van der Waals surface area (Å²) >= 11 is 0. The quantitative estimate of drug-likeness (QED) is 0.654. The maximum Gasteiger partial charge on any atom is 0.340 e. The van der Waals surface area contributed by atoms with E-state index in [0.29, 0.717) is 12.2 Å². The average molecular weight is 253 g/mol. The van der Waals surface area contributed by atoms with Crippen LogP contribution in [0.3, 0.4) is 0 Å². The highest BCUT2D eigenvalue weighted by Crippen LogP contribution is 2.29. The van der Waals surface area contributed by atoms with E-state index >= 15 is 0 Å². The SMILES string of the molecule is CCOC(=O)c1cn(C)c2ccc3ccccc3c12. The molecule has 19 heavy (non-hydrogen) atoms. The molecule has 0 bridgehead atoms. The summed E-state index contributed by atoms with van der Waals surface area (Å²) in [7, 11) is 1.94. The molecule has 0 saturated carbocycles. The molecule has 0 aliphatic heterocycles. The number of ether oxygens (including phenoxy) is 1. The fourth-order valence-corrected chi connectivity index (χ4v) is 2.53. The lowest BCUT2D eigenvalue weighted by Gasteiger charge is -2.03. The van der Waals surface area contributed by atoms with Gasteiger partial charge in [0.1, 0.15) is 0 Å². The predicted molar refractivity (Wildman–Crippen MR) is 76.4 cm³/mol. The number of benzene rings is 2. The fraction of sp³-hybridized carbons (Fsp3) is 0.188. The van der Waals surface area contributed by atoms with Gasteiger partial charge in [-0.2, -0.15) is 0 Å². The first-order valence-corrected chi connectivity index (χ1v) is 6.36. The van der Waals surface area contributed by atoms with Crippen molar-refractivity contribution in [2.24, 2.45) is 7.05 Å². The fourth-order valence-electron chi connectivity index (χ4n) is 2.53. The number of nitrogens with zero attached hydrogens (tertiary/aromatic N) is 1. The molecule has 0 radical (unpaired) electrons. The third kappa shape index (κ3) is 1.78. The molecular weight excluding hydrogens is 238 g/mol. The van der Waals surface area contributed by atoms with Gasteiger partial charge in [0.15, 0.2) is 0 Å². The largest absolute Gasteiger partial charge is 0.462 e. The highest BCUT2D eigenvalue weighted by atomic mass is 16.5. The van der Waals surface area contributed by atoms with Crippen LogP contribution >= 0.6 is 0 Å². The highest BCUT2D eigenvalue weighted by Gasteiger charge is 2.16. The number of hydrogen-bond acceptors (Lipinski definition) is 2. The number of esters is 1. The minimum absolute atomic E-state index is 0.260. The smallest absolute Gasteiger partial charge is 0.340 e. The summed E-state index contributed by atoms with van der Waals surface area (Å²) in [5, 5.41) is 3.19. The zero-order valence-corrected chi connectivity index (χ0v) is 11.0. The van der Waals surface area contributed by atoms with Gasteiger partial charge < -0.3 is 9.30 Å². The van der Waals surface area contributed by atoms with Gasteiger partial charge in [-0.15, -0.1) is 0 Å². The third-order valence-electron chi connectivity index (χ3n) is 3.37. The minimum atomic E-state index is -0.260. The van der Waals surface area contributed by atoms with Crippen molar-refractivity contribution < 1.29 is 9.53 Å². The Morgan fingerprint density at radius 3 is 2.79 bits per heavy atom. The molecule has 96 valence electrons. The van der Waals surface area contributed by atoms with Crippen molar-refractivity contribution in [2.45, 2.75) is 6.92 Å². The first kappa shape index (κ1) is 11.8. The Morgan fingerprint density at radius 1 is 1.21 bits per heavy atom. The lowest BCUT2D eigenvalue weighted by molar-refractivity contribution is 0.0528. The van der Waals surface area contributed by atoms with Crippen LogP contribution in [0.5, 0.6) is 0 Å². The van der Waals surface area contributed by atoms with Gasteiger partial charge in [-0.05, 0) is 23.8 Å². The lowest BCUT2D eigenvalue weighted by atomic mass is 10.0. The molecule has 0 spiro atoms. The van der Waals surface area contributed by atoms with E-state index in [4.69, 9.17) is 4.74 Å². The van der Waals surface area contributed by atoms with Gasteiger partial charge in [0, 0.05) is 24.1 Å². The molecule has 0 N–H and O–H groups in total. The number of carbonyl (C=O) groups is 1. The number of carbonyl (C=O) groups excluding carboxylic acids is 1. The maximum absolute atomic E-state index is 12.1. The monoisotopic (exact) mass is 253 g/mol. The zero-order chi connectivity index (χ0) is 13.4. The molecule has 0 aliphatic carbocycles. The summed E-state index contributed by atoms with van der Waals surface area (Å²) in [5.41, 5.74) is 1.68. The summed E-state index contributed by atoms with van der Waals surface area (Å²) in [5.74, 6) is -0.260. The second kappa shape index (κ2) is 4.43. The van der Waals surface area contributed by atoms with Crippen molar-refractivity contribution in [1.82, 2.24) is 4.57 Å². The first-order chi connectivity index (χ1) is 9.22. The molecule has 0 atom stereocenters. The van der Waals surface area contributed by atoms with Crippen LogP contribution in [-0.4, -0.2) is 17.1 Å². The third-order valence-corrected chi connectivity index (χ3v) is 3.37. The van der Waals surface area contributed by atoms with Crippen LogP contribution in [0, 0.1) is 0 Å². The molecule has 0 aliphatic rings. The van der Waals surface area contributed by atoms with Crippen LogP contribution in [0.2, 0.25) is 0 Å². The Hall–Kier alpha value is -2.29. The predicted octanol–water partition coefficient (Wildman–Crippen LogP) is 3.51. The summed E-state index contributed by atoms with van der Waals surface area (Å²) in [6, 6.07) is 12.2. The number of aromatic nitrogens is 1. The topological polar surface area (TPSA) is 31.2 Å². The second-order valence-corrected chi connectivity index (χ2v) is 4.55. The molecule has 0 fully saturated rings. The summed E-state index contributed by atoms with van der Waals surface area (Å²) in [6.45, 7) is 2.21. The zero-order valence-electron chi connectivity index (χ0n) is 11.0. The minimum Gasteiger partial charge on any atom is -0.462 e. The van der Waals surface area contributed by atoms with Crippen molar-refractivity contribution in [2.75, 3.05) is 6.61 Å². The van der Waals surface area contributed by atoms with Gasteiger partial charge in [-0.1, -0.05) is 30.3 Å². The molecular formula is C16H15NO2. The standard InChI is InChI=1S/C16H15NO2/c1-3-19-16(18)13-10-17(2)14-9-8-11-6-4-5-7-12(11)15(13)14/h4-10H,3H2,1-2H3. The molecule has 1 heterocycles. The normalized spacial score (nSPS) is 11.1. The van der Waals surface area contributed by atoms with Crippen LogP contribution < -0.4 is 0 Å². The Bertz CT molecular complexity index is 771. The number of fused-ring (bicyclic) bond motifs is 3. The van der Waals surface area contributed by atoms with Crippen molar-refractivity contribution >= 4 is 27.6 Å². The highest BCUT2D eigenvalue weighted by molar-refractivity contribution is 6.16. The average Bonchev–Trinajstić information content (AvgIpc) is 2.77.